The van der Waals surface area contributed by atoms with E-state index in [4.69, 9.17) is 10.6 Å². The maximum Gasteiger partial charge on any atom is 0.261 e. The van der Waals surface area contributed by atoms with Crippen molar-refractivity contribution in [3.05, 3.63) is 0 Å². The van der Waals surface area contributed by atoms with Crippen LogP contribution in [0.25, 0.3) is 0 Å². The van der Waals surface area contributed by atoms with Crippen LogP contribution < -0.4 is 5.73 Å². The van der Waals surface area contributed by atoms with Crippen molar-refractivity contribution < 1.29 is 14.4 Å². The van der Waals surface area contributed by atoms with E-state index in [9.17, 15) is 9.59 Å². The molecule has 0 bridgehead atoms. The summed E-state index contributed by atoms with van der Waals surface area (Å²) in [5.41, 5.74) is 4.94. The monoisotopic (exact) mass is 158 g/mol. The first-order valence-corrected chi connectivity index (χ1v) is 3.40. The highest BCUT2D eigenvalue weighted by atomic mass is 16.7. The van der Waals surface area contributed by atoms with E-state index in [0.717, 1.165) is 5.06 Å². The zero-order valence-corrected chi connectivity index (χ0v) is 6.24. The molecule has 0 aromatic rings. The zero-order valence-electron chi connectivity index (χ0n) is 6.24. The van der Waals surface area contributed by atoms with Gasteiger partial charge in [0.25, 0.3) is 5.91 Å². The summed E-state index contributed by atoms with van der Waals surface area (Å²) < 4.78 is 0. The summed E-state index contributed by atoms with van der Waals surface area (Å²) in [4.78, 5) is 26.5. The van der Waals surface area contributed by atoms with Crippen LogP contribution in [-0.2, 0) is 14.4 Å². The molecule has 0 aromatic heterocycles. The number of carbonyl (C=O) groups is 2. The van der Waals surface area contributed by atoms with E-state index in [1.54, 1.807) is 6.92 Å². The minimum Gasteiger partial charge on any atom is -0.369 e. The summed E-state index contributed by atoms with van der Waals surface area (Å²) in [6, 6.07) is 0. The number of hydroxylamine groups is 2. The third-order valence-electron chi connectivity index (χ3n) is 1.57. The maximum absolute atomic E-state index is 11.1. The van der Waals surface area contributed by atoms with Crippen LogP contribution in [-0.4, -0.2) is 30.0 Å². The molecule has 1 rings (SSSR count). The van der Waals surface area contributed by atoms with Crippen molar-refractivity contribution in [2.45, 2.75) is 6.92 Å². The molecular weight excluding hydrogens is 148 g/mol. The van der Waals surface area contributed by atoms with Gasteiger partial charge in [-0.05, 0) is 6.92 Å². The molecule has 0 aromatic carbocycles. The van der Waals surface area contributed by atoms with Gasteiger partial charge in [-0.25, -0.2) is 5.06 Å². The molecule has 1 fully saturated rings. The Hall–Kier alpha value is -1.10. The second-order valence-corrected chi connectivity index (χ2v) is 2.28. The van der Waals surface area contributed by atoms with E-state index in [1.807, 2.05) is 0 Å². The quantitative estimate of drug-likeness (QED) is 0.517. The first kappa shape index (κ1) is 8.00. The van der Waals surface area contributed by atoms with Crippen LogP contribution in [0.2, 0.25) is 0 Å². The van der Waals surface area contributed by atoms with E-state index in [1.165, 1.54) is 0 Å². The van der Waals surface area contributed by atoms with Crippen molar-refractivity contribution >= 4 is 11.8 Å². The molecule has 5 heteroatoms. The Bertz CT molecular complexity index is 192. The second-order valence-electron chi connectivity index (χ2n) is 2.28. The van der Waals surface area contributed by atoms with Crippen LogP contribution in [0.1, 0.15) is 6.92 Å². The predicted molar refractivity (Wildman–Crippen MR) is 36.0 cm³/mol. The van der Waals surface area contributed by atoms with Gasteiger partial charge < -0.3 is 5.73 Å². The van der Waals surface area contributed by atoms with Crippen molar-refractivity contribution in [1.29, 1.82) is 0 Å². The minimum absolute atomic E-state index is 0.0853. The van der Waals surface area contributed by atoms with Crippen molar-refractivity contribution in [3.8, 4) is 0 Å². The standard InChI is InChI=1S/C6H10N2O3/c1-2-8-6(10)4(3-11-8)5(7)9/h4H,2-3H2,1H3,(H2,7,9)/t4-/m1/s1. The number of carbonyl (C=O) groups excluding carboxylic acids is 2. The molecule has 2 amide bonds. The molecule has 0 unspecified atom stereocenters. The molecular formula is C6H10N2O3. The molecule has 0 spiro atoms. The van der Waals surface area contributed by atoms with E-state index < -0.39 is 11.8 Å². The average molecular weight is 158 g/mol. The highest BCUT2D eigenvalue weighted by Crippen LogP contribution is 2.12. The summed E-state index contributed by atoms with van der Waals surface area (Å²) in [5.74, 6) is -1.74. The van der Waals surface area contributed by atoms with E-state index in [-0.39, 0.29) is 12.5 Å². The van der Waals surface area contributed by atoms with Crippen molar-refractivity contribution in [3.63, 3.8) is 0 Å². The van der Waals surface area contributed by atoms with Gasteiger partial charge in [0.1, 0.15) is 5.92 Å². The Morgan fingerprint density at radius 3 is 2.82 bits per heavy atom. The molecule has 0 saturated carbocycles. The van der Waals surface area contributed by atoms with Gasteiger partial charge in [-0.3, -0.25) is 14.4 Å². The summed E-state index contributed by atoms with van der Waals surface area (Å²) in [6.07, 6.45) is 0. The van der Waals surface area contributed by atoms with E-state index in [0.29, 0.717) is 6.54 Å². The number of amides is 2. The van der Waals surface area contributed by atoms with Crippen LogP contribution in [0.3, 0.4) is 0 Å². The Morgan fingerprint density at radius 1 is 1.91 bits per heavy atom. The predicted octanol–water partition coefficient (Wildman–Crippen LogP) is -1.12. The summed E-state index contributed by atoms with van der Waals surface area (Å²) >= 11 is 0. The summed E-state index contributed by atoms with van der Waals surface area (Å²) in [6.45, 7) is 2.30. The van der Waals surface area contributed by atoms with E-state index >= 15 is 0 Å². The molecule has 0 aliphatic carbocycles. The molecule has 62 valence electrons. The van der Waals surface area contributed by atoms with Crippen molar-refractivity contribution in [2.24, 2.45) is 11.7 Å². The van der Waals surface area contributed by atoms with Gasteiger partial charge in [0.15, 0.2) is 0 Å². The van der Waals surface area contributed by atoms with Gasteiger partial charge in [-0.1, -0.05) is 0 Å². The van der Waals surface area contributed by atoms with Gasteiger partial charge in [-0.15, -0.1) is 0 Å². The molecule has 1 aliphatic rings. The first-order valence-electron chi connectivity index (χ1n) is 3.40. The van der Waals surface area contributed by atoms with E-state index in [2.05, 4.69) is 0 Å². The molecule has 5 nitrogen and oxygen atoms in total. The SMILES string of the molecule is CCN1OC[C@H](C(N)=O)C1=O. The fraction of sp³-hybridized carbons (Fsp3) is 0.667. The van der Waals surface area contributed by atoms with Gasteiger partial charge in [0, 0.05) is 6.54 Å². The number of hydrogen-bond donors (Lipinski definition) is 1. The minimum atomic E-state index is -0.782. The van der Waals surface area contributed by atoms with Gasteiger partial charge in [0.05, 0.1) is 6.61 Å². The van der Waals surface area contributed by atoms with Crippen molar-refractivity contribution in [1.82, 2.24) is 5.06 Å². The number of nitrogens with two attached hydrogens (primary N) is 1. The zero-order chi connectivity index (χ0) is 8.43. The normalized spacial score (nSPS) is 24.3. The Balaban J connectivity index is 2.63. The molecule has 1 atom stereocenters. The molecule has 0 radical (unpaired) electrons. The van der Waals surface area contributed by atoms with Crippen LogP contribution in [0.15, 0.2) is 0 Å². The lowest BCUT2D eigenvalue weighted by atomic mass is 10.1. The number of primary amides is 1. The third-order valence-corrected chi connectivity index (χ3v) is 1.57. The van der Waals surface area contributed by atoms with Gasteiger partial charge >= 0.3 is 0 Å². The fourth-order valence-corrected chi connectivity index (χ4v) is 0.924. The molecule has 1 saturated heterocycles. The molecule has 1 aliphatic heterocycles. The lowest BCUT2D eigenvalue weighted by Crippen LogP contribution is -2.33. The molecule has 11 heavy (non-hydrogen) atoms. The molecule has 2 N–H and O–H groups in total. The van der Waals surface area contributed by atoms with Crippen LogP contribution in [0, 0.1) is 5.92 Å². The highest BCUT2D eigenvalue weighted by molar-refractivity contribution is 6.00. The van der Waals surface area contributed by atoms with Crippen LogP contribution in [0.5, 0.6) is 0 Å². The number of hydrogen-bond acceptors (Lipinski definition) is 3. The lowest BCUT2D eigenvalue weighted by Gasteiger charge is -2.09. The Kier molecular flexibility index (Phi) is 2.09. The number of nitrogens with zero attached hydrogens (tertiary/aromatic N) is 1. The second kappa shape index (κ2) is 2.87. The first-order chi connectivity index (χ1) is 5.16. The molecule has 1 heterocycles. The maximum atomic E-state index is 11.1. The fourth-order valence-electron chi connectivity index (χ4n) is 0.924. The smallest absolute Gasteiger partial charge is 0.261 e. The Labute approximate surface area is 64.0 Å². The Morgan fingerprint density at radius 2 is 2.55 bits per heavy atom. The summed E-state index contributed by atoms with van der Waals surface area (Å²) in [5, 5.41) is 1.15. The van der Waals surface area contributed by atoms with Gasteiger partial charge in [0.2, 0.25) is 5.91 Å². The van der Waals surface area contributed by atoms with Crippen LogP contribution >= 0.6 is 0 Å². The lowest BCUT2D eigenvalue weighted by molar-refractivity contribution is -0.160. The topological polar surface area (TPSA) is 72.6 Å². The van der Waals surface area contributed by atoms with Crippen LogP contribution in [0.4, 0.5) is 0 Å². The highest BCUT2D eigenvalue weighted by Gasteiger charge is 2.36. The number of rotatable bonds is 2. The van der Waals surface area contributed by atoms with Gasteiger partial charge in [-0.2, -0.15) is 0 Å². The largest absolute Gasteiger partial charge is 0.369 e. The third kappa shape index (κ3) is 1.32. The average Bonchev–Trinajstić information content (AvgIpc) is 2.30. The van der Waals surface area contributed by atoms with Crippen molar-refractivity contribution in [2.75, 3.05) is 13.2 Å². The summed E-state index contributed by atoms with van der Waals surface area (Å²) in [7, 11) is 0.